The van der Waals surface area contributed by atoms with Crippen LogP contribution in [0.25, 0.3) is 0 Å². The van der Waals surface area contributed by atoms with E-state index in [4.69, 9.17) is 0 Å². The fourth-order valence-corrected chi connectivity index (χ4v) is 5.01. The van der Waals surface area contributed by atoms with E-state index in [1.165, 1.54) is 24.8 Å². The maximum Gasteiger partial charge on any atom is 0.119 e. The van der Waals surface area contributed by atoms with Crippen LogP contribution >= 0.6 is 0 Å². The molecule has 4 aliphatic carbocycles. The van der Waals surface area contributed by atoms with Crippen LogP contribution < -0.4 is 0 Å². The molecule has 2 saturated carbocycles. The van der Waals surface area contributed by atoms with Gasteiger partial charge < -0.3 is 10.2 Å². The highest BCUT2D eigenvalue weighted by molar-refractivity contribution is 5.49. The zero-order valence-corrected chi connectivity index (χ0v) is 11.3. The van der Waals surface area contributed by atoms with Gasteiger partial charge in [-0.25, -0.2) is 0 Å². The van der Waals surface area contributed by atoms with Crippen molar-refractivity contribution in [3.8, 4) is 0 Å². The zero-order chi connectivity index (χ0) is 13.0. The quantitative estimate of drug-likeness (QED) is 0.698. The molecule has 2 heteroatoms. The highest BCUT2D eigenvalue weighted by Crippen LogP contribution is 2.53. The first-order valence-corrected chi connectivity index (χ1v) is 7.73. The van der Waals surface area contributed by atoms with E-state index in [-0.39, 0.29) is 6.10 Å². The topological polar surface area (TPSA) is 40.5 Å². The van der Waals surface area contributed by atoms with Gasteiger partial charge in [0.15, 0.2) is 0 Å². The molecule has 2 N–H and O–H groups in total. The first-order valence-electron chi connectivity index (χ1n) is 7.73. The summed E-state index contributed by atoms with van der Waals surface area (Å²) < 4.78 is 0. The van der Waals surface area contributed by atoms with Crippen molar-refractivity contribution in [2.24, 2.45) is 23.7 Å². The first kappa shape index (κ1) is 11.8. The number of hydrogen-bond acceptors (Lipinski definition) is 2. The molecule has 0 amide bonds. The third kappa shape index (κ3) is 1.73. The Bertz CT molecular complexity index is 485. The smallest absolute Gasteiger partial charge is 0.119 e. The van der Waals surface area contributed by atoms with Gasteiger partial charge in [0, 0.05) is 5.57 Å². The molecule has 0 radical (unpaired) electrons. The van der Waals surface area contributed by atoms with Crippen molar-refractivity contribution in [3.63, 3.8) is 0 Å². The average molecular weight is 258 g/mol. The largest absolute Gasteiger partial charge is 0.508 e. The number of fused-ring (bicyclic) bond motifs is 4. The molecule has 0 bridgehead atoms. The molecule has 0 spiro atoms. The number of aliphatic hydroxyl groups excluding tert-OH is 2. The second-order valence-electron chi connectivity index (χ2n) is 6.74. The van der Waals surface area contributed by atoms with Crippen molar-refractivity contribution in [1.29, 1.82) is 0 Å². The molecule has 2 nitrogen and oxygen atoms in total. The molecule has 5 atom stereocenters. The SMILES string of the molecule is OC1=CCC2=C1C=CC1C2CCC2CC(O)CCC21. The van der Waals surface area contributed by atoms with Gasteiger partial charge in [0.05, 0.1) is 6.10 Å². The minimum atomic E-state index is -0.0580. The van der Waals surface area contributed by atoms with E-state index in [9.17, 15) is 10.2 Å². The van der Waals surface area contributed by atoms with E-state index in [1.54, 1.807) is 0 Å². The Morgan fingerprint density at radius 3 is 2.89 bits per heavy atom. The summed E-state index contributed by atoms with van der Waals surface area (Å²) in [6.45, 7) is 0. The minimum Gasteiger partial charge on any atom is -0.508 e. The first-order chi connectivity index (χ1) is 9.24. The summed E-state index contributed by atoms with van der Waals surface area (Å²) in [5, 5.41) is 19.8. The van der Waals surface area contributed by atoms with Gasteiger partial charge in [-0.05, 0) is 68.3 Å². The van der Waals surface area contributed by atoms with E-state index in [0.29, 0.717) is 17.6 Å². The highest BCUT2D eigenvalue weighted by atomic mass is 16.3. The maximum absolute atomic E-state index is 9.90. The summed E-state index contributed by atoms with van der Waals surface area (Å²) in [5.41, 5.74) is 2.59. The highest BCUT2D eigenvalue weighted by Gasteiger charge is 2.44. The third-order valence-corrected chi connectivity index (χ3v) is 5.89. The lowest BCUT2D eigenvalue weighted by atomic mass is 9.58. The van der Waals surface area contributed by atoms with Crippen LogP contribution in [0.4, 0.5) is 0 Å². The summed E-state index contributed by atoms with van der Waals surface area (Å²) in [6, 6.07) is 0. The summed E-state index contributed by atoms with van der Waals surface area (Å²) in [5.74, 6) is 3.28. The van der Waals surface area contributed by atoms with E-state index in [0.717, 1.165) is 36.7 Å². The predicted octanol–water partition coefficient (Wildman–Crippen LogP) is 3.50. The Hall–Kier alpha value is -1.02. The lowest BCUT2D eigenvalue weighted by Gasteiger charge is -2.47. The number of aliphatic hydroxyl groups is 2. The summed E-state index contributed by atoms with van der Waals surface area (Å²) in [4.78, 5) is 0. The molecular formula is C17H22O2. The van der Waals surface area contributed by atoms with Crippen molar-refractivity contribution in [2.75, 3.05) is 0 Å². The van der Waals surface area contributed by atoms with Crippen molar-refractivity contribution >= 4 is 0 Å². The van der Waals surface area contributed by atoms with Crippen molar-refractivity contribution in [3.05, 3.63) is 35.1 Å². The van der Waals surface area contributed by atoms with Crippen LogP contribution in [0.5, 0.6) is 0 Å². The van der Waals surface area contributed by atoms with Gasteiger partial charge >= 0.3 is 0 Å². The lowest BCUT2D eigenvalue weighted by Crippen LogP contribution is -2.40. The van der Waals surface area contributed by atoms with Gasteiger partial charge in [-0.1, -0.05) is 17.7 Å². The van der Waals surface area contributed by atoms with Crippen molar-refractivity contribution < 1.29 is 10.2 Å². The normalized spacial score (nSPS) is 44.5. The molecule has 5 unspecified atom stereocenters. The Balaban J connectivity index is 1.62. The number of hydrogen-bond donors (Lipinski definition) is 2. The van der Waals surface area contributed by atoms with Crippen LogP contribution in [0.15, 0.2) is 35.1 Å². The van der Waals surface area contributed by atoms with Crippen LogP contribution in [0.3, 0.4) is 0 Å². The second-order valence-corrected chi connectivity index (χ2v) is 6.74. The van der Waals surface area contributed by atoms with Gasteiger partial charge in [0.2, 0.25) is 0 Å². The van der Waals surface area contributed by atoms with E-state index < -0.39 is 0 Å². The fourth-order valence-electron chi connectivity index (χ4n) is 5.01. The maximum atomic E-state index is 9.90. The van der Waals surface area contributed by atoms with Gasteiger partial charge in [0.1, 0.15) is 5.76 Å². The van der Waals surface area contributed by atoms with Gasteiger partial charge in [-0.15, -0.1) is 0 Å². The molecule has 4 rings (SSSR count). The number of allylic oxidation sites excluding steroid dienone is 4. The summed E-state index contributed by atoms with van der Waals surface area (Å²) in [7, 11) is 0. The molecule has 0 aromatic heterocycles. The molecule has 19 heavy (non-hydrogen) atoms. The fraction of sp³-hybridized carbons (Fsp3) is 0.647. The third-order valence-electron chi connectivity index (χ3n) is 5.89. The molecule has 0 aromatic carbocycles. The minimum absolute atomic E-state index is 0.0580. The Kier molecular flexibility index (Phi) is 2.63. The average Bonchev–Trinajstić information content (AvgIpc) is 2.80. The molecule has 0 saturated heterocycles. The number of rotatable bonds is 0. The van der Waals surface area contributed by atoms with Crippen molar-refractivity contribution in [1.82, 2.24) is 0 Å². The predicted molar refractivity (Wildman–Crippen MR) is 74.5 cm³/mol. The molecule has 4 aliphatic rings. The Morgan fingerprint density at radius 2 is 2.00 bits per heavy atom. The molecule has 2 fully saturated rings. The Morgan fingerprint density at radius 1 is 1.11 bits per heavy atom. The van der Waals surface area contributed by atoms with Crippen LogP contribution in [0, 0.1) is 23.7 Å². The van der Waals surface area contributed by atoms with Gasteiger partial charge in [-0.3, -0.25) is 0 Å². The van der Waals surface area contributed by atoms with Crippen LogP contribution in [-0.4, -0.2) is 16.3 Å². The van der Waals surface area contributed by atoms with E-state index >= 15 is 0 Å². The van der Waals surface area contributed by atoms with Gasteiger partial charge in [-0.2, -0.15) is 0 Å². The van der Waals surface area contributed by atoms with Gasteiger partial charge in [0.25, 0.3) is 0 Å². The standard InChI is InChI=1S/C17H22O2/c18-11-2-4-12-10(9-11)1-3-14-13(12)5-6-16-15(14)7-8-17(16)19/h5-6,8,10-14,18-19H,1-4,7,9H2. The molecule has 0 aliphatic heterocycles. The summed E-state index contributed by atoms with van der Waals surface area (Å²) >= 11 is 0. The lowest BCUT2D eigenvalue weighted by molar-refractivity contribution is 0.0180. The van der Waals surface area contributed by atoms with Crippen LogP contribution in [0.2, 0.25) is 0 Å². The molecule has 0 aromatic rings. The van der Waals surface area contributed by atoms with E-state index in [1.807, 2.05) is 6.08 Å². The molecular weight excluding hydrogens is 236 g/mol. The van der Waals surface area contributed by atoms with Crippen molar-refractivity contribution in [2.45, 2.75) is 44.6 Å². The van der Waals surface area contributed by atoms with E-state index in [2.05, 4.69) is 12.2 Å². The second kappa shape index (κ2) is 4.24. The summed E-state index contributed by atoms with van der Waals surface area (Å²) in [6.07, 6.45) is 13.0. The van der Waals surface area contributed by atoms with Crippen LogP contribution in [0.1, 0.15) is 38.5 Å². The molecule has 0 heterocycles. The van der Waals surface area contributed by atoms with Crippen LogP contribution in [-0.2, 0) is 0 Å². The monoisotopic (exact) mass is 258 g/mol. The molecule has 102 valence electrons. The Labute approximate surface area is 114 Å². The zero-order valence-electron chi connectivity index (χ0n) is 11.3.